The molecule has 26 heavy (non-hydrogen) atoms. The number of aliphatic hydroxyl groups is 1. The Morgan fingerprint density at radius 1 is 1.38 bits per heavy atom. The fraction of sp³-hybridized carbons (Fsp3) is 0.571. The van der Waals surface area contributed by atoms with Crippen molar-refractivity contribution >= 4 is 5.97 Å². The molecule has 5 nitrogen and oxygen atoms in total. The molecule has 3 aliphatic rings. The van der Waals surface area contributed by atoms with Gasteiger partial charge < -0.3 is 19.7 Å². The number of methoxy groups -OCH3 is 1. The third-order valence-electron chi connectivity index (χ3n) is 5.83. The average Bonchev–Trinajstić information content (AvgIpc) is 3.07. The minimum absolute atomic E-state index is 0.173. The summed E-state index contributed by atoms with van der Waals surface area (Å²) < 4.78 is 4.37. The summed E-state index contributed by atoms with van der Waals surface area (Å²) in [5.74, 6) is -0.429. The molecular weight excluding hydrogens is 330 g/mol. The SMILES string of the molecule is COC(=O)C1(O)CC[C@H]([N+]([O-])(CC2=CCCC=C2)CC2C=CC=CC2)C1. The molecule has 0 radical (unpaired) electrons. The van der Waals surface area contributed by atoms with Crippen LogP contribution in [0.3, 0.4) is 0 Å². The fourth-order valence-corrected chi connectivity index (χ4v) is 4.38. The number of carbonyl (C=O) groups is 1. The lowest BCUT2D eigenvalue weighted by molar-refractivity contribution is -0.903. The van der Waals surface area contributed by atoms with E-state index in [2.05, 4.69) is 24.3 Å². The highest BCUT2D eigenvalue weighted by Crippen LogP contribution is 2.39. The van der Waals surface area contributed by atoms with Crippen molar-refractivity contribution in [2.45, 2.75) is 50.2 Å². The van der Waals surface area contributed by atoms with Gasteiger partial charge in [-0.1, -0.05) is 42.5 Å². The van der Waals surface area contributed by atoms with Gasteiger partial charge in [-0.15, -0.1) is 0 Å². The van der Waals surface area contributed by atoms with Crippen molar-refractivity contribution in [1.82, 2.24) is 0 Å². The number of allylic oxidation sites excluding steroid dienone is 5. The Morgan fingerprint density at radius 3 is 2.88 bits per heavy atom. The number of quaternary nitrogens is 1. The number of hydroxylamine groups is 3. The summed E-state index contributed by atoms with van der Waals surface area (Å²) in [5, 5.41) is 24.6. The number of hydrogen-bond acceptors (Lipinski definition) is 4. The van der Waals surface area contributed by atoms with Gasteiger partial charge in [-0.25, -0.2) is 4.79 Å². The lowest BCUT2D eigenvalue weighted by Gasteiger charge is -2.50. The largest absolute Gasteiger partial charge is 0.632 e. The van der Waals surface area contributed by atoms with Crippen LogP contribution in [0.4, 0.5) is 0 Å². The smallest absolute Gasteiger partial charge is 0.338 e. The van der Waals surface area contributed by atoms with E-state index in [-0.39, 0.29) is 18.4 Å². The van der Waals surface area contributed by atoms with Crippen LogP contribution in [0.1, 0.15) is 38.5 Å². The zero-order valence-corrected chi connectivity index (χ0v) is 15.5. The predicted octanol–water partition coefficient (Wildman–Crippen LogP) is 3.17. The average molecular weight is 359 g/mol. The first-order chi connectivity index (χ1) is 12.5. The summed E-state index contributed by atoms with van der Waals surface area (Å²) in [6, 6.07) is -0.297. The van der Waals surface area contributed by atoms with Gasteiger partial charge in [0.15, 0.2) is 5.60 Å². The van der Waals surface area contributed by atoms with Crippen molar-refractivity contribution in [2.75, 3.05) is 20.2 Å². The second kappa shape index (κ2) is 7.91. The maximum Gasteiger partial charge on any atom is 0.338 e. The van der Waals surface area contributed by atoms with Gasteiger partial charge in [0, 0.05) is 24.3 Å². The van der Waals surface area contributed by atoms with Crippen LogP contribution < -0.4 is 0 Å². The van der Waals surface area contributed by atoms with Crippen LogP contribution in [-0.2, 0) is 9.53 Å². The molecule has 1 fully saturated rings. The molecule has 1 N–H and O–H groups in total. The van der Waals surface area contributed by atoms with Crippen LogP contribution in [0.2, 0.25) is 0 Å². The highest BCUT2D eigenvalue weighted by molar-refractivity contribution is 5.79. The summed E-state index contributed by atoms with van der Waals surface area (Å²) in [5.41, 5.74) is -0.457. The molecule has 0 aromatic heterocycles. The second-order valence-corrected chi connectivity index (χ2v) is 7.78. The predicted molar refractivity (Wildman–Crippen MR) is 101 cm³/mol. The van der Waals surface area contributed by atoms with Crippen molar-refractivity contribution in [3.05, 3.63) is 53.3 Å². The Kier molecular flexibility index (Phi) is 5.80. The lowest BCUT2D eigenvalue weighted by atomic mass is 9.96. The van der Waals surface area contributed by atoms with E-state index in [1.807, 2.05) is 18.2 Å². The molecule has 0 aromatic rings. The number of carbonyl (C=O) groups excluding carboxylic acids is 1. The zero-order valence-electron chi connectivity index (χ0n) is 15.5. The third-order valence-corrected chi connectivity index (χ3v) is 5.83. The Balaban J connectivity index is 1.79. The minimum Gasteiger partial charge on any atom is -0.632 e. The number of rotatable bonds is 6. The van der Waals surface area contributed by atoms with Crippen molar-refractivity contribution < 1.29 is 19.3 Å². The van der Waals surface area contributed by atoms with Crippen LogP contribution in [0.25, 0.3) is 0 Å². The first kappa shape index (κ1) is 19.1. The number of ether oxygens (including phenoxy) is 1. The van der Waals surface area contributed by atoms with Crippen molar-refractivity contribution in [2.24, 2.45) is 5.92 Å². The summed E-state index contributed by atoms with van der Waals surface area (Å²) in [6.45, 7) is 0.862. The topological polar surface area (TPSA) is 69.6 Å². The number of hydrogen-bond donors (Lipinski definition) is 1. The third kappa shape index (κ3) is 4.17. The highest BCUT2D eigenvalue weighted by atomic mass is 16.6. The van der Waals surface area contributed by atoms with Crippen molar-refractivity contribution in [3.63, 3.8) is 0 Å². The van der Waals surface area contributed by atoms with E-state index in [1.165, 1.54) is 7.11 Å². The quantitative estimate of drug-likeness (QED) is 0.449. The molecule has 0 aromatic carbocycles. The Morgan fingerprint density at radius 2 is 2.23 bits per heavy atom. The molecule has 5 heteroatoms. The van der Waals surface area contributed by atoms with Gasteiger partial charge in [0.25, 0.3) is 0 Å². The van der Waals surface area contributed by atoms with E-state index >= 15 is 0 Å². The maximum absolute atomic E-state index is 14.0. The molecule has 0 spiro atoms. The van der Waals surface area contributed by atoms with Gasteiger partial charge >= 0.3 is 5.97 Å². The zero-order chi connectivity index (χ0) is 18.6. The van der Waals surface area contributed by atoms with Crippen LogP contribution in [0.15, 0.2) is 48.1 Å². The standard InChI is InChI=1S/C21H29NO4/c1-26-20(23)21(24)13-12-19(14-21)22(25,15-17-8-4-2-5-9-17)16-18-10-6-3-7-11-18/h2,4-6,8,10-11,17,19,24H,3,7,9,12-16H2,1H3/t17?,19-,21?,22?/m0/s1. The molecule has 1 saturated carbocycles. The van der Waals surface area contributed by atoms with Gasteiger partial charge in [0.05, 0.1) is 19.7 Å². The molecule has 0 amide bonds. The van der Waals surface area contributed by atoms with E-state index in [0.717, 1.165) is 24.8 Å². The molecule has 3 rings (SSSR count). The fourth-order valence-electron chi connectivity index (χ4n) is 4.38. The van der Waals surface area contributed by atoms with Gasteiger partial charge in [-0.05, 0) is 25.7 Å². The Hall–Kier alpha value is -1.69. The molecule has 0 bridgehead atoms. The molecule has 0 saturated heterocycles. The van der Waals surface area contributed by atoms with E-state index in [9.17, 15) is 15.1 Å². The minimum atomic E-state index is -1.52. The molecule has 3 unspecified atom stereocenters. The van der Waals surface area contributed by atoms with E-state index in [1.54, 1.807) is 0 Å². The van der Waals surface area contributed by atoms with Gasteiger partial charge in [0.1, 0.15) is 6.54 Å². The van der Waals surface area contributed by atoms with Crippen LogP contribution >= 0.6 is 0 Å². The molecule has 0 aliphatic heterocycles. The van der Waals surface area contributed by atoms with Gasteiger partial charge in [-0.3, -0.25) is 0 Å². The van der Waals surface area contributed by atoms with Gasteiger partial charge in [-0.2, -0.15) is 0 Å². The number of esters is 1. The molecule has 4 atom stereocenters. The monoisotopic (exact) mass is 359 g/mol. The lowest BCUT2D eigenvalue weighted by Crippen LogP contribution is -2.54. The highest BCUT2D eigenvalue weighted by Gasteiger charge is 2.50. The maximum atomic E-state index is 14.0. The number of nitrogens with zero attached hydrogens (tertiary/aromatic N) is 1. The van der Waals surface area contributed by atoms with Crippen LogP contribution in [0, 0.1) is 11.1 Å². The molecule has 3 aliphatic carbocycles. The Bertz CT molecular complexity index is 650. The van der Waals surface area contributed by atoms with Crippen LogP contribution in [-0.4, -0.2) is 47.6 Å². The molecule has 142 valence electrons. The van der Waals surface area contributed by atoms with Gasteiger partial charge in [0.2, 0.25) is 0 Å². The first-order valence-corrected chi connectivity index (χ1v) is 9.53. The molecule has 0 heterocycles. The van der Waals surface area contributed by atoms with Crippen LogP contribution in [0.5, 0.6) is 0 Å². The van der Waals surface area contributed by atoms with E-state index in [0.29, 0.717) is 25.9 Å². The summed E-state index contributed by atoms with van der Waals surface area (Å²) >= 11 is 0. The first-order valence-electron chi connectivity index (χ1n) is 9.53. The summed E-state index contributed by atoms with van der Waals surface area (Å²) in [4.78, 5) is 12.0. The summed E-state index contributed by atoms with van der Waals surface area (Å²) in [6.07, 6.45) is 18.3. The molecular formula is C21H29NO4. The van der Waals surface area contributed by atoms with Crippen molar-refractivity contribution in [1.29, 1.82) is 0 Å². The van der Waals surface area contributed by atoms with E-state index in [4.69, 9.17) is 4.74 Å². The summed E-state index contributed by atoms with van der Waals surface area (Å²) in [7, 11) is 1.28. The van der Waals surface area contributed by atoms with E-state index < -0.39 is 16.2 Å². The van der Waals surface area contributed by atoms with Crippen molar-refractivity contribution in [3.8, 4) is 0 Å². The normalized spacial score (nSPS) is 33.0. The second-order valence-electron chi connectivity index (χ2n) is 7.78. The Labute approximate surface area is 155 Å².